The van der Waals surface area contributed by atoms with Crippen LogP contribution in [0, 0.1) is 0 Å². The van der Waals surface area contributed by atoms with Gasteiger partial charge in [-0.15, -0.1) is 0 Å². The second-order valence-corrected chi connectivity index (χ2v) is 5.11. The van der Waals surface area contributed by atoms with Crippen LogP contribution in [0.15, 0.2) is 0 Å². The van der Waals surface area contributed by atoms with E-state index in [0.717, 1.165) is 25.9 Å². The Morgan fingerprint density at radius 2 is 2.33 bits per heavy atom. The highest BCUT2D eigenvalue weighted by Gasteiger charge is 2.28. The molecule has 0 saturated carbocycles. The standard InChI is InChI=1S/C13H26N2O3/c1-13(15-2,12(14)16)7-5-8-17-10-11-6-3-4-9-18-11/h11,15H,3-10H2,1-2H3,(H2,14,16). The molecule has 0 aromatic carbocycles. The Kier molecular flexibility index (Phi) is 6.60. The lowest BCUT2D eigenvalue weighted by atomic mass is 9.95. The van der Waals surface area contributed by atoms with Gasteiger partial charge in [0.1, 0.15) is 0 Å². The van der Waals surface area contributed by atoms with Gasteiger partial charge in [-0.3, -0.25) is 4.79 Å². The zero-order valence-corrected chi connectivity index (χ0v) is 11.5. The summed E-state index contributed by atoms with van der Waals surface area (Å²) in [6, 6.07) is 0. The average Bonchev–Trinajstić information content (AvgIpc) is 2.39. The first kappa shape index (κ1) is 15.4. The number of carbonyl (C=O) groups excluding carboxylic acids is 1. The van der Waals surface area contributed by atoms with E-state index in [1.165, 1.54) is 6.42 Å². The summed E-state index contributed by atoms with van der Waals surface area (Å²) in [6.45, 7) is 3.98. The van der Waals surface area contributed by atoms with Crippen LogP contribution in [0.1, 0.15) is 39.0 Å². The summed E-state index contributed by atoms with van der Waals surface area (Å²) in [7, 11) is 1.75. The van der Waals surface area contributed by atoms with E-state index in [4.69, 9.17) is 15.2 Å². The van der Waals surface area contributed by atoms with Gasteiger partial charge in [0.05, 0.1) is 18.2 Å². The Hall–Kier alpha value is -0.650. The number of rotatable bonds is 8. The monoisotopic (exact) mass is 258 g/mol. The van der Waals surface area contributed by atoms with Crippen LogP contribution in [-0.2, 0) is 14.3 Å². The first-order chi connectivity index (χ1) is 8.58. The Morgan fingerprint density at radius 1 is 1.56 bits per heavy atom. The second kappa shape index (κ2) is 7.71. The number of nitrogens with one attached hydrogen (secondary N) is 1. The van der Waals surface area contributed by atoms with Crippen molar-refractivity contribution in [3.63, 3.8) is 0 Å². The molecule has 2 unspecified atom stereocenters. The van der Waals surface area contributed by atoms with E-state index in [1.807, 2.05) is 6.92 Å². The largest absolute Gasteiger partial charge is 0.379 e. The van der Waals surface area contributed by atoms with Crippen LogP contribution < -0.4 is 11.1 Å². The van der Waals surface area contributed by atoms with Gasteiger partial charge in [0.2, 0.25) is 5.91 Å². The van der Waals surface area contributed by atoms with Gasteiger partial charge in [-0.2, -0.15) is 0 Å². The molecule has 1 aliphatic heterocycles. The third kappa shape index (κ3) is 4.92. The van der Waals surface area contributed by atoms with Crippen molar-refractivity contribution in [1.82, 2.24) is 5.32 Å². The van der Waals surface area contributed by atoms with E-state index in [9.17, 15) is 4.79 Å². The molecule has 106 valence electrons. The molecule has 2 atom stereocenters. The van der Waals surface area contributed by atoms with Crippen molar-refractivity contribution in [2.75, 3.05) is 26.9 Å². The van der Waals surface area contributed by atoms with E-state index in [-0.39, 0.29) is 12.0 Å². The molecule has 0 bridgehead atoms. The van der Waals surface area contributed by atoms with Crippen molar-refractivity contribution in [3.8, 4) is 0 Å². The third-order valence-electron chi connectivity index (χ3n) is 3.64. The summed E-state index contributed by atoms with van der Waals surface area (Å²) < 4.78 is 11.2. The Labute approximate surface area is 109 Å². The van der Waals surface area contributed by atoms with Gasteiger partial charge in [0.25, 0.3) is 0 Å². The molecule has 1 aliphatic rings. The van der Waals surface area contributed by atoms with Crippen LogP contribution in [0.3, 0.4) is 0 Å². The Bertz CT molecular complexity index is 255. The zero-order chi connectivity index (χ0) is 13.4. The summed E-state index contributed by atoms with van der Waals surface area (Å²) in [6.07, 6.45) is 5.24. The topological polar surface area (TPSA) is 73.6 Å². The van der Waals surface area contributed by atoms with E-state index in [1.54, 1.807) is 7.05 Å². The van der Waals surface area contributed by atoms with Gasteiger partial charge < -0.3 is 20.5 Å². The normalized spacial score (nSPS) is 23.6. The van der Waals surface area contributed by atoms with Crippen molar-refractivity contribution in [1.29, 1.82) is 0 Å². The van der Waals surface area contributed by atoms with E-state index < -0.39 is 5.54 Å². The maximum atomic E-state index is 11.3. The molecule has 1 amide bonds. The Morgan fingerprint density at radius 3 is 2.89 bits per heavy atom. The van der Waals surface area contributed by atoms with Gasteiger partial charge in [-0.25, -0.2) is 0 Å². The van der Waals surface area contributed by atoms with E-state index in [2.05, 4.69) is 5.32 Å². The predicted octanol–water partition coefficient (Wildman–Crippen LogP) is 0.816. The molecule has 1 rings (SSSR count). The molecule has 0 spiro atoms. The minimum Gasteiger partial charge on any atom is -0.379 e. The van der Waals surface area contributed by atoms with Crippen molar-refractivity contribution >= 4 is 5.91 Å². The van der Waals surface area contributed by atoms with Crippen molar-refractivity contribution in [2.45, 2.75) is 50.7 Å². The maximum absolute atomic E-state index is 11.3. The number of carbonyl (C=O) groups is 1. The lowest BCUT2D eigenvalue weighted by molar-refractivity contribution is -0.124. The molecule has 0 aliphatic carbocycles. The first-order valence-corrected chi connectivity index (χ1v) is 6.76. The van der Waals surface area contributed by atoms with Gasteiger partial charge in [-0.1, -0.05) is 0 Å². The average molecular weight is 258 g/mol. The number of hydrogen-bond acceptors (Lipinski definition) is 4. The molecule has 0 aromatic heterocycles. The predicted molar refractivity (Wildman–Crippen MR) is 70.3 cm³/mol. The molecular formula is C13H26N2O3. The summed E-state index contributed by atoms with van der Waals surface area (Å²) in [4.78, 5) is 11.3. The fraction of sp³-hybridized carbons (Fsp3) is 0.923. The number of ether oxygens (including phenoxy) is 2. The SMILES string of the molecule is CNC(C)(CCCOCC1CCCCO1)C(N)=O. The summed E-state index contributed by atoms with van der Waals surface area (Å²) in [5.74, 6) is -0.319. The molecule has 1 heterocycles. The van der Waals surface area contributed by atoms with E-state index in [0.29, 0.717) is 19.6 Å². The molecule has 18 heavy (non-hydrogen) atoms. The van der Waals surface area contributed by atoms with Crippen LogP contribution in [0.2, 0.25) is 0 Å². The van der Waals surface area contributed by atoms with Gasteiger partial charge in [0, 0.05) is 13.2 Å². The van der Waals surface area contributed by atoms with Crippen LogP contribution in [0.4, 0.5) is 0 Å². The molecule has 5 nitrogen and oxygen atoms in total. The second-order valence-electron chi connectivity index (χ2n) is 5.11. The quantitative estimate of drug-likeness (QED) is 0.632. The van der Waals surface area contributed by atoms with Crippen LogP contribution in [0.25, 0.3) is 0 Å². The van der Waals surface area contributed by atoms with Crippen LogP contribution in [-0.4, -0.2) is 44.4 Å². The van der Waals surface area contributed by atoms with Gasteiger partial charge >= 0.3 is 0 Å². The number of likely N-dealkylation sites (N-methyl/N-ethyl adjacent to an activating group) is 1. The lowest BCUT2D eigenvalue weighted by Gasteiger charge is -2.26. The molecule has 5 heteroatoms. The van der Waals surface area contributed by atoms with Gasteiger partial charge in [0.15, 0.2) is 0 Å². The maximum Gasteiger partial charge on any atom is 0.237 e. The molecule has 0 radical (unpaired) electrons. The lowest BCUT2D eigenvalue weighted by Crippen LogP contribution is -2.51. The highest BCUT2D eigenvalue weighted by Crippen LogP contribution is 2.14. The summed E-state index contributed by atoms with van der Waals surface area (Å²) >= 11 is 0. The van der Waals surface area contributed by atoms with Crippen molar-refractivity contribution in [3.05, 3.63) is 0 Å². The third-order valence-corrected chi connectivity index (χ3v) is 3.64. The van der Waals surface area contributed by atoms with Crippen LogP contribution >= 0.6 is 0 Å². The fourth-order valence-corrected chi connectivity index (χ4v) is 2.05. The number of nitrogens with two attached hydrogens (primary N) is 1. The molecule has 1 fully saturated rings. The van der Waals surface area contributed by atoms with E-state index >= 15 is 0 Å². The summed E-state index contributed by atoms with van der Waals surface area (Å²) in [5, 5.41) is 2.96. The fourth-order valence-electron chi connectivity index (χ4n) is 2.05. The number of amides is 1. The molecule has 1 saturated heterocycles. The molecule has 0 aromatic rings. The highest BCUT2D eigenvalue weighted by atomic mass is 16.5. The Balaban J connectivity index is 2.08. The van der Waals surface area contributed by atoms with Crippen LogP contribution in [0.5, 0.6) is 0 Å². The minimum absolute atomic E-state index is 0.255. The van der Waals surface area contributed by atoms with Gasteiger partial charge in [-0.05, 0) is 46.1 Å². The number of primary amides is 1. The highest BCUT2D eigenvalue weighted by molar-refractivity contribution is 5.84. The smallest absolute Gasteiger partial charge is 0.237 e. The molecule has 3 N–H and O–H groups in total. The zero-order valence-electron chi connectivity index (χ0n) is 11.5. The number of hydrogen-bond donors (Lipinski definition) is 2. The van der Waals surface area contributed by atoms with Crippen molar-refractivity contribution < 1.29 is 14.3 Å². The summed E-state index contributed by atoms with van der Waals surface area (Å²) in [5.41, 5.74) is 4.72. The van der Waals surface area contributed by atoms with Crippen molar-refractivity contribution in [2.24, 2.45) is 5.73 Å². The minimum atomic E-state index is -0.634. The molecular weight excluding hydrogens is 232 g/mol. The first-order valence-electron chi connectivity index (χ1n) is 6.76.